The average Bonchev–Trinajstić information content (AvgIpc) is 2.84. The van der Waals surface area contributed by atoms with Crippen LogP contribution in [0.5, 0.6) is 0 Å². The molecule has 2 N–H and O–H groups in total. The molecule has 0 saturated heterocycles. The fraction of sp³-hybridized carbons (Fsp3) is 0.308. The summed E-state index contributed by atoms with van der Waals surface area (Å²) in [4.78, 5) is 15.9. The Balaban J connectivity index is 2.02. The standard InChI is InChI=1S/C13H15ClN4O2S/c1-2-15-12-7-9(18(19)20)8-13(17-12)16-6-5-10-3-4-11(14)21-10/h3-4,7-8H,2,5-6H2,1H3,(H2,15,16,17). The van der Waals surface area contributed by atoms with Crippen molar-refractivity contribution < 1.29 is 4.92 Å². The van der Waals surface area contributed by atoms with E-state index < -0.39 is 4.92 Å². The van der Waals surface area contributed by atoms with Gasteiger partial charge in [0.1, 0.15) is 11.6 Å². The lowest BCUT2D eigenvalue weighted by Crippen LogP contribution is -2.08. The first-order valence-corrected chi connectivity index (χ1v) is 7.66. The average molecular weight is 327 g/mol. The maximum Gasteiger partial charge on any atom is 0.276 e. The van der Waals surface area contributed by atoms with Crippen LogP contribution in [0.25, 0.3) is 0 Å². The van der Waals surface area contributed by atoms with E-state index in [-0.39, 0.29) is 5.69 Å². The van der Waals surface area contributed by atoms with Gasteiger partial charge >= 0.3 is 0 Å². The third kappa shape index (κ3) is 4.57. The number of hydrogen-bond acceptors (Lipinski definition) is 6. The van der Waals surface area contributed by atoms with Gasteiger partial charge in [-0.1, -0.05) is 11.6 Å². The van der Waals surface area contributed by atoms with Crippen LogP contribution in [0, 0.1) is 10.1 Å². The van der Waals surface area contributed by atoms with Gasteiger partial charge in [0.05, 0.1) is 21.4 Å². The summed E-state index contributed by atoms with van der Waals surface area (Å²) in [7, 11) is 0. The van der Waals surface area contributed by atoms with Gasteiger partial charge in [0.25, 0.3) is 5.69 Å². The van der Waals surface area contributed by atoms with Crippen molar-refractivity contribution in [2.24, 2.45) is 0 Å². The molecule has 0 atom stereocenters. The Kier molecular flexibility index (Phi) is 5.35. The molecule has 0 bridgehead atoms. The quantitative estimate of drug-likeness (QED) is 0.597. The van der Waals surface area contributed by atoms with Crippen LogP contribution in [-0.2, 0) is 6.42 Å². The fourth-order valence-electron chi connectivity index (χ4n) is 1.78. The summed E-state index contributed by atoms with van der Waals surface area (Å²) in [5.74, 6) is 0.983. The van der Waals surface area contributed by atoms with E-state index in [0.717, 1.165) is 15.6 Å². The van der Waals surface area contributed by atoms with E-state index in [4.69, 9.17) is 11.6 Å². The third-order valence-corrected chi connectivity index (χ3v) is 3.98. The lowest BCUT2D eigenvalue weighted by atomic mass is 10.3. The Morgan fingerprint density at radius 2 is 2.05 bits per heavy atom. The van der Waals surface area contributed by atoms with Crippen molar-refractivity contribution in [1.29, 1.82) is 0 Å². The van der Waals surface area contributed by atoms with E-state index in [9.17, 15) is 10.1 Å². The van der Waals surface area contributed by atoms with Crippen molar-refractivity contribution in [1.82, 2.24) is 4.98 Å². The highest BCUT2D eigenvalue weighted by Crippen LogP contribution is 2.23. The minimum atomic E-state index is -0.424. The predicted molar refractivity (Wildman–Crippen MR) is 86.6 cm³/mol. The highest BCUT2D eigenvalue weighted by molar-refractivity contribution is 7.16. The number of hydrogen-bond donors (Lipinski definition) is 2. The van der Waals surface area contributed by atoms with E-state index >= 15 is 0 Å². The van der Waals surface area contributed by atoms with Crippen molar-refractivity contribution >= 4 is 40.3 Å². The van der Waals surface area contributed by atoms with Gasteiger partial charge in [-0.2, -0.15) is 0 Å². The van der Waals surface area contributed by atoms with E-state index in [1.165, 1.54) is 23.5 Å². The highest BCUT2D eigenvalue weighted by atomic mass is 35.5. The van der Waals surface area contributed by atoms with E-state index in [2.05, 4.69) is 15.6 Å². The van der Waals surface area contributed by atoms with Crippen molar-refractivity contribution in [2.75, 3.05) is 23.7 Å². The van der Waals surface area contributed by atoms with Crippen LogP contribution in [0.4, 0.5) is 17.3 Å². The van der Waals surface area contributed by atoms with Crippen molar-refractivity contribution in [2.45, 2.75) is 13.3 Å². The Morgan fingerprint density at radius 3 is 2.62 bits per heavy atom. The van der Waals surface area contributed by atoms with Crippen molar-refractivity contribution in [3.63, 3.8) is 0 Å². The molecule has 2 heterocycles. The molecule has 2 aromatic heterocycles. The molecular weight excluding hydrogens is 312 g/mol. The Morgan fingerprint density at radius 1 is 1.33 bits per heavy atom. The van der Waals surface area contributed by atoms with Crippen LogP contribution < -0.4 is 10.6 Å². The van der Waals surface area contributed by atoms with Crippen LogP contribution >= 0.6 is 22.9 Å². The Hall–Kier alpha value is -1.86. The van der Waals surface area contributed by atoms with Gasteiger partial charge in [-0.25, -0.2) is 4.98 Å². The molecule has 0 saturated carbocycles. The number of pyridine rings is 1. The number of thiophene rings is 1. The van der Waals surface area contributed by atoms with Crippen LogP contribution in [-0.4, -0.2) is 23.0 Å². The number of nitrogens with zero attached hydrogens (tertiary/aromatic N) is 2. The number of nitro groups is 1. The molecule has 0 aromatic carbocycles. The fourth-order valence-corrected chi connectivity index (χ4v) is 2.87. The minimum Gasteiger partial charge on any atom is -0.370 e. The summed E-state index contributed by atoms with van der Waals surface area (Å²) in [6.07, 6.45) is 0.790. The molecule has 21 heavy (non-hydrogen) atoms. The molecule has 0 aliphatic carbocycles. The molecule has 0 unspecified atom stereocenters. The normalized spacial score (nSPS) is 10.4. The number of anilines is 2. The van der Waals surface area contributed by atoms with E-state index in [0.29, 0.717) is 24.7 Å². The molecule has 2 rings (SSSR count). The second-order valence-corrected chi connectivity index (χ2v) is 6.07. The number of nitrogens with one attached hydrogen (secondary N) is 2. The van der Waals surface area contributed by atoms with Gasteiger partial charge in [-0.15, -0.1) is 11.3 Å². The van der Waals surface area contributed by atoms with Crippen LogP contribution in [0.3, 0.4) is 0 Å². The van der Waals surface area contributed by atoms with Crippen molar-refractivity contribution in [3.05, 3.63) is 43.6 Å². The molecule has 8 heteroatoms. The van der Waals surface area contributed by atoms with Gasteiger partial charge in [0.15, 0.2) is 0 Å². The molecule has 6 nitrogen and oxygen atoms in total. The summed E-state index contributed by atoms with van der Waals surface area (Å²) in [6.45, 7) is 3.20. The Bertz CT molecular complexity index is 632. The topological polar surface area (TPSA) is 80.1 Å². The maximum absolute atomic E-state index is 10.9. The number of aromatic nitrogens is 1. The van der Waals surface area contributed by atoms with E-state index in [1.54, 1.807) is 0 Å². The molecule has 2 aromatic rings. The van der Waals surface area contributed by atoms with Gasteiger partial charge in [-0.05, 0) is 25.5 Å². The van der Waals surface area contributed by atoms with Crippen molar-refractivity contribution in [3.8, 4) is 0 Å². The predicted octanol–water partition coefficient (Wildman–Crippen LogP) is 3.79. The Labute approximate surface area is 131 Å². The molecule has 0 radical (unpaired) electrons. The van der Waals surface area contributed by atoms with Gasteiger partial charge in [0.2, 0.25) is 0 Å². The zero-order chi connectivity index (χ0) is 15.2. The second kappa shape index (κ2) is 7.24. The first-order chi connectivity index (χ1) is 10.1. The first kappa shape index (κ1) is 15.5. The van der Waals surface area contributed by atoms with Crippen LogP contribution in [0.15, 0.2) is 24.3 Å². The summed E-state index contributed by atoms with van der Waals surface area (Å²) in [5, 5.41) is 17.0. The SMILES string of the molecule is CCNc1cc([N+](=O)[O-])cc(NCCc2ccc(Cl)s2)n1. The zero-order valence-corrected chi connectivity index (χ0v) is 13.0. The smallest absolute Gasteiger partial charge is 0.276 e. The van der Waals surface area contributed by atoms with Gasteiger partial charge in [0, 0.05) is 18.0 Å². The molecule has 0 aliphatic heterocycles. The van der Waals surface area contributed by atoms with Crippen LogP contribution in [0.2, 0.25) is 4.34 Å². The second-order valence-electron chi connectivity index (χ2n) is 4.27. The summed E-state index contributed by atoms with van der Waals surface area (Å²) in [5.41, 5.74) is 0.0163. The third-order valence-electron chi connectivity index (χ3n) is 2.69. The summed E-state index contributed by atoms with van der Waals surface area (Å²) in [6, 6.07) is 6.69. The number of halogens is 1. The summed E-state index contributed by atoms with van der Waals surface area (Å²) < 4.78 is 0.757. The zero-order valence-electron chi connectivity index (χ0n) is 11.4. The maximum atomic E-state index is 10.9. The number of rotatable bonds is 7. The minimum absolute atomic E-state index is 0.0163. The molecule has 0 amide bonds. The highest BCUT2D eigenvalue weighted by Gasteiger charge is 2.10. The molecule has 0 spiro atoms. The lowest BCUT2D eigenvalue weighted by molar-refractivity contribution is -0.384. The molecule has 112 valence electrons. The van der Waals surface area contributed by atoms with Crippen LogP contribution in [0.1, 0.15) is 11.8 Å². The molecular formula is C13H15ClN4O2S. The lowest BCUT2D eigenvalue weighted by Gasteiger charge is -2.08. The summed E-state index contributed by atoms with van der Waals surface area (Å²) >= 11 is 7.40. The molecule has 0 aliphatic rings. The monoisotopic (exact) mass is 326 g/mol. The first-order valence-electron chi connectivity index (χ1n) is 6.47. The molecule has 0 fully saturated rings. The van der Waals surface area contributed by atoms with Gasteiger partial charge in [-0.3, -0.25) is 10.1 Å². The van der Waals surface area contributed by atoms with Gasteiger partial charge < -0.3 is 10.6 Å². The largest absolute Gasteiger partial charge is 0.370 e. The van der Waals surface area contributed by atoms with E-state index in [1.807, 2.05) is 19.1 Å².